The fraction of sp³-hybridized carbons (Fsp3) is 0.333. The Balaban J connectivity index is 1.72. The third-order valence-corrected chi connectivity index (χ3v) is 4.93. The van der Waals surface area contributed by atoms with Gasteiger partial charge in [0.2, 0.25) is 5.88 Å². The van der Waals surface area contributed by atoms with E-state index in [4.69, 9.17) is 4.74 Å². The number of aliphatic hydroxyl groups excluding tert-OH is 1. The molecular weight excluding hydrogens is 324 g/mol. The van der Waals surface area contributed by atoms with Crippen LogP contribution in [0.25, 0.3) is 0 Å². The van der Waals surface area contributed by atoms with E-state index < -0.39 is 0 Å². The number of aromatic nitrogens is 1. The van der Waals surface area contributed by atoms with E-state index in [1.165, 1.54) is 6.20 Å². The van der Waals surface area contributed by atoms with Crippen LogP contribution in [-0.2, 0) is 0 Å². The molecule has 5 nitrogen and oxygen atoms in total. The van der Waals surface area contributed by atoms with Gasteiger partial charge in [0.05, 0.1) is 12.2 Å². The topological polar surface area (TPSA) is 62.7 Å². The number of rotatable bonds is 6. The van der Waals surface area contributed by atoms with Crippen molar-refractivity contribution >= 4 is 23.4 Å². The van der Waals surface area contributed by atoms with Crippen LogP contribution in [0.3, 0.4) is 0 Å². The van der Waals surface area contributed by atoms with Crippen LogP contribution in [0, 0.1) is 0 Å². The van der Waals surface area contributed by atoms with Gasteiger partial charge in [0, 0.05) is 30.2 Å². The minimum atomic E-state index is -0.189. The van der Waals surface area contributed by atoms with Gasteiger partial charge in [0.1, 0.15) is 6.10 Å². The predicted octanol–water partition coefficient (Wildman–Crippen LogP) is 2.61. The first kappa shape index (κ1) is 16.8. The highest BCUT2D eigenvalue weighted by atomic mass is 32.2. The smallest absolute Gasteiger partial charge is 0.259 e. The second-order valence-electron chi connectivity index (χ2n) is 5.50. The number of pyridine rings is 1. The highest BCUT2D eigenvalue weighted by Gasteiger charge is 2.19. The van der Waals surface area contributed by atoms with Crippen molar-refractivity contribution in [2.24, 2.45) is 0 Å². The fourth-order valence-corrected chi connectivity index (χ4v) is 3.66. The summed E-state index contributed by atoms with van der Waals surface area (Å²) < 4.78 is 5.81. The first-order valence-corrected chi connectivity index (χ1v) is 9.11. The summed E-state index contributed by atoms with van der Waals surface area (Å²) in [5.74, 6) is 2.47. The molecule has 1 aromatic heterocycles. The lowest BCUT2D eigenvalue weighted by molar-refractivity contribution is 0.0980. The van der Waals surface area contributed by atoms with Gasteiger partial charge in [0.25, 0.3) is 5.91 Å². The number of para-hydroxylation sites is 1. The molecule has 24 heavy (non-hydrogen) atoms. The standard InChI is InChI=1S/C18H20N2O3S/c21-10-9-20(15-4-2-1-3-5-15)18(22)14-6-7-17(19-12-14)23-16-8-11-24-13-16/h1-7,12,16,21H,8-11,13H2. The Kier molecular flexibility index (Phi) is 5.72. The van der Waals surface area contributed by atoms with E-state index in [9.17, 15) is 9.90 Å². The molecule has 1 N–H and O–H groups in total. The summed E-state index contributed by atoms with van der Waals surface area (Å²) in [5.41, 5.74) is 1.22. The Morgan fingerprint density at radius 3 is 2.75 bits per heavy atom. The van der Waals surface area contributed by atoms with Crippen LogP contribution in [0.15, 0.2) is 48.7 Å². The lowest BCUT2D eigenvalue weighted by Gasteiger charge is -2.22. The Morgan fingerprint density at radius 2 is 2.12 bits per heavy atom. The molecule has 6 heteroatoms. The molecule has 1 unspecified atom stereocenters. The molecule has 2 heterocycles. The first-order valence-electron chi connectivity index (χ1n) is 7.96. The van der Waals surface area contributed by atoms with Crippen LogP contribution >= 0.6 is 11.8 Å². The van der Waals surface area contributed by atoms with Gasteiger partial charge >= 0.3 is 0 Å². The number of amides is 1. The van der Waals surface area contributed by atoms with Crippen molar-refractivity contribution in [1.82, 2.24) is 4.98 Å². The number of thioether (sulfide) groups is 1. The van der Waals surface area contributed by atoms with Crippen molar-refractivity contribution in [2.45, 2.75) is 12.5 Å². The summed E-state index contributed by atoms with van der Waals surface area (Å²) in [7, 11) is 0. The molecule has 0 aliphatic carbocycles. The number of anilines is 1. The zero-order valence-electron chi connectivity index (χ0n) is 13.3. The molecule has 126 valence electrons. The molecule has 0 saturated carbocycles. The average molecular weight is 344 g/mol. The minimum absolute atomic E-state index is 0.103. The molecular formula is C18H20N2O3S. The SMILES string of the molecule is O=C(c1ccc(OC2CCSC2)nc1)N(CCO)c1ccccc1. The number of carbonyl (C=O) groups is 1. The molecule has 1 fully saturated rings. The minimum Gasteiger partial charge on any atom is -0.473 e. The summed E-state index contributed by atoms with van der Waals surface area (Å²) in [6, 6.07) is 12.8. The fourth-order valence-electron chi connectivity index (χ4n) is 2.56. The number of carbonyl (C=O) groups excluding carboxylic acids is 1. The maximum atomic E-state index is 12.7. The van der Waals surface area contributed by atoms with Crippen molar-refractivity contribution in [1.29, 1.82) is 0 Å². The van der Waals surface area contributed by atoms with E-state index in [-0.39, 0.29) is 25.2 Å². The molecule has 2 aromatic rings. The molecule has 1 amide bonds. The monoisotopic (exact) mass is 344 g/mol. The normalized spacial score (nSPS) is 16.8. The van der Waals surface area contributed by atoms with Crippen LogP contribution in [0.4, 0.5) is 5.69 Å². The Labute approximate surface area is 145 Å². The van der Waals surface area contributed by atoms with Crippen LogP contribution in [0.5, 0.6) is 5.88 Å². The second-order valence-corrected chi connectivity index (χ2v) is 6.65. The van der Waals surface area contributed by atoms with Crippen molar-refractivity contribution < 1.29 is 14.6 Å². The van der Waals surface area contributed by atoms with E-state index in [1.807, 2.05) is 42.1 Å². The third kappa shape index (κ3) is 4.07. The van der Waals surface area contributed by atoms with Gasteiger partial charge in [-0.05, 0) is 30.4 Å². The molecule has 1 aromatic carbocycles. The number of benzene rings is 1. The van der Waals surface area contributed by atoms with Gasteiger partial charge in [-0.15, -0.1) is 0 Å². The molecule has 1 saturated heterocycles. The van der Waals surface area contributed by atoms with Gasteiger partial charge < -0.3 is 14.7 Å². The molecule has 1 aliphatic heterocycles. The van der Waals surface area contributed by atoms with Gasteiger partial charge in [0.15, 0.2) is 0 Å². The third-order valence-electron chi connectivity index (χ3n) is 3.80. The van der Waals surface area contributed by atoms with E-state index in [1.54, 1.807) is 17.0 Å². The van der Waals surface area contributed by atoms with Gasteiger partial charge in [-0.3, -0.25) is 4.79 Å². The lowest BCUT2D eigenvalue weighted by Crippen LogP contribution is -2.33. The average Bonchev–Trinajstić information content (AvgIpc) is 3.13. The van der Waals surface area contributed by atoms with Crippen molar-refractivity contribution in [3.63, 3.8) is 0 Å². The first-order chi connectivity index (χ1) is 11.8. The van der Waals surface area contributed by atoms with Crippen molar-refractivity contribution in [3.8, 4) is 5.88 Å². The molecule has 3 rings (SSSR count). The molecule has 1 atom stereocenters. The summed E-state index contributed by atoms with van der Waals surface area (Å²) in [5, 5.41) is 9.27. The zero-order chi connectivity index (χ0) is 16.8. The Morgan fingerprint density at radius 1 is 1.29 bits per heavy atom. The van der Waals surface area contributed by atoms with E-state index in [0.29, 0.717) is 11.4 Å². The number of nitrogens with zero attached hydrogens (tertiary/aromatic N) is 2. The number of aliphatic hydroxyl groups is 1. The highest BCUT2D eigenvalue weighted by molar-refractivity contribution is 7.99. The predicted molar refractivity (Wildman–Crippen MR) is 95.8 cm³/mol. The maximum Gasteiger partial charge on any atom is 0.259 e. The van der Waals surface area contributed by atoms with Crippen molar-refractivity contribution in [2.75, 3.05) is 29.6 Å². The van der Waals surface area contributed by atoms with Crippen LogP contribution < -0.4 is 9.64 Å². The summed E-state index contributed by atoms with van der Waals surface area (Å²) >= 11 is 1.88. The quantitative estimate of drug-likeness (QED) is 0.873. The van der Waals surface area contributed by atoms with Crippen LogP contribution in [-0.4, -0.2) is 46.8 Å². The maximum absolute atomic E-state index is 12.7. The van der Waals surface area contributed by atoms with E-state index >= 15 is 0 Å². The largest absolute Gasteiger partial charge is 0.473 e. The zero-order valence-corrected chi connectivity index (χ0v) is 14.1. The highest BCUT2D eigenvalue weighted by Crippen LogP contribution is 2.22. The van der Waals surface area contributed by atoms with Crippen LogP contribution in [0.2, 0.25) is 0 Å². The Hall–Kier alpha value is -2.05. The Bertz CT molecular complexity index is 658. The second kappa shape index (κ2) is 8.17. The summed E-state index contributed by atoms with van der Waals surface area (Å²) in [6.45, 7) is 0.134. The van der Waals surface area contributed by atoms with E-state index in [0.717, 1.165) is 23.6 Å². The number of hydrogen-bond acceptors (Lipinski definition) is 5. The number of ether oxygens (including phenoxy) is 1. The van der Waals surface area contributed by atoms with Gasteiger partial charge in [-0.2, -0.15) is 11.8 Å². The van der Waals surface area contributed by atoms with Crippen LogP contribution in [0.1, 0.15) is 16.8 Å². The van der Waals surface area contributed by atoms with Crippen molar-refractivity contribution in [3.05, 3.63) is 54.2 Å². The molecule has 1 aliphatic rings. The molecule has 0 spiro atoms. The lowest BCUT2D eigenvalue weighted by atomic mass is 10.2. The summed E-state index contributed by atoms with van der Waals surface area (Å²) in [6.07, 6.45) is 2.78. The van der Waals surface area contributed by atoms with E-state index in [2.05, 4.69) is 4.98 Å². The molecule has 0 bridgehead atoms. The van der Waals surface area contributed by atoms with Gasteiger partial charge in [-0.1, -0.05) is 18.2 Å². The summed E-state index contributed by atoms with van der Waals surface area (Å²) in [4.78, 5) is 18.5. The molecule has 0 radical (unpaired) electrons. The van der Waals surface area contributed by atoms with Gasteiger partial charge in [-0.25, -0.2) is 4.98 Å². The number of hydrogen-bond donors (Lipinski definition) is 1.